The van der Waals surface area contributed by atoms with E-state index in [1.54, 1.807) is 0 Å². The Kier molecular flexibility index (Phi) is 24.5. The van der Waals surface area contributed by atoms with Crippen LogP contribution in [0.25, 0.3) is 0 Å². The van der Waals surface area contributed by atoms with Crippen molar-refractivity contribution >= 4 is 0 Å². The molecule has 0 aromatic rings. The molecule has 2 atom stereocenters. The summed E-state index contributed by atoms with van der Waals surface area (Å²) >= 11 is 0. The molecule has 0 aromatic heterocycles. The third-order valence-electron chi connectivity index (χ3n) is 8.12. The zero-order chi connectivity index (χ0) is 24.4. The van der Waals surface area contributed by atoms with E-state index >= 15 is 0 Å². The Morgan fingerprint density at radius 3 is 0.735 bits per heavy atom. The minimum atomic E-state index is 0.634. The molecule has 0 radical (unpaired) electrons. The highest BCUT2D eigenvalue weighted by atomic mass is 16.6. The molecule has 0 bridgehead atoms. The average molecular weight is 479 g/mol. The number of ether oxygens (including phenoxy) is 1. The van der Waals surface area contributed by atoms with Crippen LogP contribution >= 0.6 is 0 Å². The summed E-state index contributed by atoms with van der Waals surface area (Å²) in [5.41, 5.74) is 0. The third kappa shape index (κ3) is 22.4. The lowest BCUT2D eigenvalue weighted by molar-refractivity contribution is 0.347. The number of rotatable bonds is 29. The molecule has 0 amide bonds. The van der Waals surface area contributed by atoms with Crippen LogP contribution in [0.1, 0.15) is 200 Å². The van der Waals surface area contributed by atoms with Gasteiger partial charge in [-0.15, -0.1) is 0 Å². The fraction of sp³-hybridized carbons (Fsp3) is 1.00. The zero-order valence-corrected chi connectivity index (χ0v) is 24.1. The van der Waals surface area contributed by atoms with Crippen molar-refractivity contribution in [2.45, 2.75) is 212 Å². The minimum absolute atomic E-state index is 0.634. The van der Waals surface area contributed by atoms with Crippen molar-refractivity contribution in [2.75, 3.05) is 0 Å². The molecule has 0 aromatic carbocycles. The Labute approximate surface area is 217 Å². The van der Waals surface area contributed by atoms with E-state index < -0.39 is 0 Å². The SMILES string of the molecule is CCCCCCCCCCCCCCCCCC1OC1CCCCCCCCCCCCCC. The molecule has 0 N–H and O–H groups in total. The summed E-state index contributed by atoms with van der Waals surface area (Å²) in [4.78, 5) is 0. The highest BCUT2D eigenvalue weighted by Gasteiger charge is 2.36. The largest absolute Gasteiger partial charge is 0.370 e. The van der Waals surface area contributed by atoms with Crippen molar-refractivity contribution in [1.82, 2.24) is 0 Å². The fourth-order valence-corrected chi connectivity index (χ4v) is 5.59. The normalized spacial score (nSPS) is 17.5. The lowest BCUT2D eigenvalue weighted by Gasteiger charge is -2.03. The van der Waals surface area contributed by atoms with E-state index in [4.69, 9.17) is 4.74 Å². The van der Waals surface area contributed by atoms with Gasteiger partial charge in [0.15, 0.2) is 0 Å². The van der Waals surface area contributed by atoms with Gasteiger partial charge in [-0.05, 0) is 12.8 Å². The molecular formula is C33H66O. The molecule has 1 heterocycles. The van der Waals surface area contributed by atoms with Crippen LogP contribution in [0.3, 0.4) is 0 Å². The number of unbranched alkanes of at least 4 members (excludes halogenated alkanes) is 25. The Balaban J connectivity index is 1.67. The molecule has 1 aliphatic rings. The molecule has 1 nitrogen and oxygen atoms in total. The summed E-state index contributed by atoms with van der Waals surface area (Å²) in [5, 5.41) is 0. The Hall–Kier alpha value is -0.0400. The van der Waals surface area contributed by atoms with Crippen LogP contribution in [0.4, 0.5) is 0 Å². The van der Waals surface area contributed by atoms with Crippen molar-refractivity contribution in [3.8, 4) is 0 Å². The van der Waals surface area contributed by atoms with Gasteiger partial charge < -0.3 is 4.74 Å². The van der Waals surface area contributed by atoms with Gasteiger partial charge >= 0.3 is 0 Å². The summed E-state index contributed by atoms with van der Waals surface area (Å²) in [6.45, 7) is 4.61. The minimum Gasteiger partial charge on any atom is -0.370 e. The summed E-state index contributed by atoms with van der Waals surface area (Å²) in [5.74, 6) is 0. The van der Waals surface area contributed by atoms with Crippen LogP contribution in [-0.2, 0) is 4.74 Å². The van der Waals surface area contributed by atoms with E-state index in [9.17, 15) is 0 Å². The van der Waals surface area contributed by atoms with Gasteiger partial charge in [0.2, 0.25) is 0 Å². The van der Waals surface area contributed by atoms with Gasteiger partial charge in [-0.2, -0.15) is 0 Å². The van der Waals surface area contributed by atoms with Gasteiger partial charge in [0.1, 0.15) is 0 Å². The van der Waals surface area contributed by atoms with E-state index in [2.05, 4.69) is 13.8 Å². The van der Waals surface area contributed by atoms with Crippen LogP contribution in [0.2, 0.25) is 0 Å². The first kappa shape index (κ1) is 32.0. The quantitative estimate of drug-likeness (QED) is 0.0769. The highest BCUT2D eigenvalue weighted by Crippen LogP contribution is 2.32. The Morgan fingerprint density at radius 1 is 0.294 bits per heavy atom. The van der Waals surface area contributed by atoms with Gasteiger partial charge in [0, 0.05) is 0 Å². The maximum absolute atomic E-state index is 5.94. The van der Waals surface area contributed by atoms with E-state index in [1.165, 1.54) is 186 Å². The van der Waals surface area contributed by atoms with Gasteiger partial charge in [-0.25, -0.2) is 0 Å². The lowest BCUT2D eigenvalue weighted by Crippen LogP contribution is -1.95. The molecule has 2 unspecified atom stereocenters. The first-order valence-electron chi connectivity index (χ1n) is 16.5. The maximum atomic E-state index is 5.94. The molecule has 1 saturated heterocycles. The summed E-state index contributed by atoms with van der Waals surface area (Å²) in [6.07, 6.45) is 43.1. The van der Waals surface area contributed by atoms with Crippen LogP contribution in [-0.4, -0.2) is 12.2 Å². The molecule has 0 spiro atoms. The van der Waals surface area contributed by atoms with Gasteiger partial charge in [-0.1, -0.05) is 187 Å². The van der Waals surface area contributed by atoms with Crippen LogP contribution in [0.15, 0.2) is 0 Å². The molecular weight excluding hydrogens is 412 g/mol. The van der Waals surface area contributed by atoms with Crippen molar-refractivity contribution in [1.29, 1.82) is 0 Å². The van der Waals surface area contributed by atoms with Crippen molar-refractivity contribution in [3.63, 3.8) is 0 Å². The van der Waals surface area contributed by atoms with Crippen LogP contribution in [0.5, 0.6) is 0 Å². The predicted octanol–water partition coefficient (Wildman–Crippen LogP) is 12.1. The van der Waals surface area contributed by atoms with Crippen LogP contribution in [0, 0.1) is 0 Å². The molecule has 1 rings (SSSR count). The molecule has 0 saturated carbocycles. The second kappa shape index (κ2) is 26.0. The van der Waals surface area contributed by atoms with Crippen molar-refractivity contribution < 1.29 is 4.74 Å². The van der Waals surface area contributed by atoms with Gasteiger partial charge in [0.25, 0.3) is 0 Å². The van der Waals surface area contributed by atoms with E-state index in [1.807, 2.05) is 0 Å². The molecule has 0 aliphatic carbocycles. The van der Waals surface area contributed by atoms with Gasteiger partial charge in [-0.3, -0.25) is 0 Å². The van der Waals surface area contributed by atoms with E-state index in [-0.39, 0.29) is 0 Å². The Bertz CT molecular complexity index is 379. The first-order valence-corrected chi connectivity index (χ1v) is 16.5. The second-order valence-electron chi connectivity index (χ2n) is 11.6. The molecule has 34 heavy (non-hydrogen) atoms. The van der Waals surface area contributed by atoms with E-state index in [0.717, 1.165) is 0 Å². The monoisotopic (exact) mass is 479 g/mol. The van der Waals surface area contributed by atoms with Crippen molar-refractivity contribution in [3.05, 3.63) is 0 Å². The highest BCUT2D eigenvalue weighted by molar-refractivity contribution is 4.84. The number of epoxide rings is 1. The molecule has 204 valence electrons. The third-order valence-corrected chi connectivity index (χ3v) is 8.12. The summed E-state index contributed by atoms with van der Waals surface area (Å²) in [6, 6.07) is 0. The number of hydrogen-bond acceptors (Lipinski definition) is 1. The smallest absolute Gasteiger partial charge is 0.0841 e. The zero-order valence-electron chi connectivity index (χ0n) is 24.1. The molecule has 1 heteroatoms. The van der Waals surface area contributed by atoms with E-state index in [0.29, 0.717) is 12.2 Å². The number of hydrogen-bond donors (Lipinski definition) is 0. The first-order chi connectivity index (χ1) is 16.9. The summed E-state index contributed by atoms with van der Waals surface area (Å²) < 4.78 is 5.94. The topological polar surface area (TPSA) is 12.5 Å². The second-order valence-corrected chi connectivity index (χ2v) is 11.6. The molecule has 1 fully saturated rings. The fourth-order valence-electron chi connectivity index (χ4n) is 5.59. The molecule has 1 aliphatic heterocycles. The van der Waals surface area contributed by atoms with Crippen molar-refractivity contribution in [2.24, 2.45) is 0 Å². The average Bonchev–Trinajstić information content (AvgIpc) is 3.60. The van der Waals surface area contributed by atoms with Gasteiger partial charge in [0.05, 0.1) is 12.2 Å². The summed E-state index contributed by atoms with van der Waals surface area (Å²) in [7, 11) is 0. The Morgan fingerprint density at radius 2 is 0.500 bits per heavy atom. The predicted molar refractivity (Wildman–Crippen MR) is 154 cm³/mol. The lowest BCUT2D eigenvalue weighted by atomic mass is 10.0. The maximum Gasteiger partial charge on any atom is 0.0841 e. The standard InChI is InChI=1S/C33H66O/c1-3-5-7-9-11-13-15-17-18-19-21-23-25-27-29-31-33-32(34-33)30-28-26-24-22-20-16-14-12-10-8-6-4-2/h32-33H,3-31H2,1-2H3. The van der Waals surface area contributed by atoms with Crippen LogP contribution < -0.4 is 0 Å².